The number of pyridine rings is 1. The molecule has 0 unspecified atom stereocenters. The second kappa shape index (κ2) is 4.57. The maximum atomic E-state index is 11.6. The molecule has 1 fully saturated rings. The average molecular weight is 259 g/mol. The molecule has 5 nitrogen and oxygen atoms in total. The number of hydrogen-bond donors (Lipinski definition) is 1. The van der Waals surface area contributed by atoms with Crippen molar-refractivity contribution in [1.29, 1.82) is 0 Å². The normalized spacial score (nSPS) is 16.1. The fourth-order valence-corrected chi connectivity index (χ4v) is 2.88. The zero-order valence-corrected chi connectivity index (χ0v) is 10.9. The van der Waals surface area contributed by atoms with E-state index in [4.69, 9.17) is 10.5 Å². The molecule has 0 atom stereocenters. The minimum absolute atomic E-state index is 0.420. The molecule has 2 heterocycles. The first-order valence-corrected chi connectivity index (χ1v) is 6.55. The number of ether oxygens (including phenoxy) is 1. The van der Waals surface area contributed by atoms with Crippen LogP contribution in [0.25, 0.3) is 11.0 Å². The summed E-state index contributed by atoms with van der Waals surface area (Å²) < 4.78 is 7.27. The summed E-state index contributed by atoms with van der Waals surface area (Å²) in [6.45, 7) is 0. The van der Waals surface area contributed by atoms with Crippen molar-refractivity contribution >= 4 is 16.9 Å². The van der Waals surface area contributed by atoms with Gasteiger partial charge in [0, 0.05) is 17.6 Å². The van der Waals surface area contributed by atoms with Gasteiger partial charge in [-0.25, -0.2) is 4.98 Å². The first kappa shape index (κ1) is 12.0. The van der Waals surface area contributed by atoms with Crippen LogP contribution in [0.3, 0.4) is 0 Å². The van der Waals surface area contributed by atoms with Gasteiger partial charge in [-0.2, -0.15) is 0 Å². The van der Waals surface area contributed by atoms with E-state index in [9.17, 15) is 4.79 Å². The summed E-state index contributed by atoms with van der Waals surface area (Å²) in [5.41, 5.74) is 6.80. The Balaban J connectivity index is 2.20. The van der Waals surface area contributed by atoms with Crippen LogP contribution in [-0.4, -0.2) is 22.6 Å². The van der Waals surface area contributed by atoms with Crippen LogP contribution in [0.2, 0.25) is 0 Å². The summed E-state index contributed by atoms with van der Waals surface area (Å²) in [7, 11) is 1.58. The Kier molecular flexibility index (Phi) is 2.89. The summed E-state index contributed by atoms with van der Waals surface area (Å²) in [4.78, 5) is 16.0. The second-order valence-corrected chi connectivity index (χ2v) is 5.00. The molecule has 0 radical (unpaired) electrons. The molecule has 2 aromatic heterocycles. The van der Waals surface area contributed by atoms with Gasteiger partial charge in [-0.05, 0) is 18.9 Å². The van der Waals surface area contributed by atoms with Gasteiger partial charge >= 0.3 is 0 Å². The number of primary amides is 1. The van der Waals surface area contributed by atoms with Gasteiger partial charge in [0.2, 0.25) is 0 Å². The highest BCUT2D eigenvalue weighted by Crippen LogP contribution is 2.34. The van der Waals surface area contributed by atoms with E-state index in [-0.39, 0.29) is 0 Å². The predicted octanol–water partition coefficient (Wildman–Crippen LogP) is 2.26. The number of aromatic nitrogens is 2. The number of carbonyl (C=O) groups excluding carboxylic acids is 1. The molecule has 0 aliphatic heterocycles. The third kappa shape index (κ3) is 1.95. The highest BCUT2D eigenvalue weighted by atomic mass is 16.5. The van der Waals surface area contributed by atoms with Gasteiger partial charge in [-0.1, -0.05) is 12.8 Å². The van der Waals surface area contributed by atoms with Gasteiger partial charge in [-0.15, -0.1) is 0 Å². The van der Waals surface area contributed by atoms with E-state index in [1.54, 1.807) is 13.3 Å². The van der Waals surface area contributed by atoms with Crippen molar-refractivity contribution in [3.8, 4) is 5.75 Å². The van der Waals surface area contributed by atoms with Crippen LogP contribution in [0.4, 0.5) is 0 Å². The maximum absolute atomic E-state index is 11.6. The molecular weight excluding hydrogens is 242 g/mol. The van der Waals surface area contributed by atoms with Gasteiger partial charge in [0.25, 0.3) is 5.91 Å². The molecule has 0 saturated heterocycles. The highest BCUT2D eigenvalue weighted by Gasteiger charge is 2.22. The van der Waals surface area contributed by atoms with Gasteiger partial charge in [0.05, 0.1) is 18.9 Å². The fourth-order valence-electron chi connectivity index (χ4n) is 2.88. The zero-order valence-electron chi connectivity index (χ0n) is 10.9. The Morgan fingerprint density at radius 3 is 2.84 bits per heavy atom. The molecule has 19 heavy (non-hydrogen) atoms. The van der Waals surface area contributed by atoms with Crippen LogP contribution in [0.5, 0.6) is 5.75 Å². The van der Waals surface area contributed by atoms with E-state index in [0.717, 1.165) is 23.9 Å². The van der Waals surface area contributed by atoms with Crippen molar-refractivity contribution in [2.75, 3.05) is 7.11 Å². The number of rotatable bonds is 3. The Morgan fingerprint density at radius 2 is 2.21 bits per heavy atom. The molecule has 2 aromatic rings. The first-order chi connectivity index (χ1) is 9.20. The van der Waals surface area contributed by atoms with E-state index < -0.39 is 5.91 Å². The molecule has 5 heteroatoms. The molecule has 0 spiro atoms. The van der Waals surface area contributed by atoms with E-state index >= 15 is 0 Å². The quantitative estimate of drug-likeness (QED) is 0.919. The Bertz CT molecular complexity index is 627. The number of nitrogens with two attached hydrogens (primary N) is 1. The van der Waals surface area contributed by atoms with Crippen LogP contribution in [0.15, 0.2) is 18.5 Å². The lowest BCUT2D eigenvalue weighted by molar-refractivity contribution is 0.100. The summed E-state index contributed by atoms with van der Waals surface area (Å²) in [6.07, 6.45) is 8.25. The third-order valence-corrected chi connectivity index (χ3v) is 3.86. The number of carbonyl (C=O) groups is 1. The molecule has 3 rings (SSSR count). The van der Waals surface area contributed by atoms with Crippen LogP contribution < -0.4 is 10.5 Å². The van der Waals surface area contributed by atoms with E-state index in [0.29, 0.717) is 17.4 Å². The van der Waals surface area contributed by atoms with Crippen LogP contribution in [0.1, 0.15) is 42.1 Å². The summed E-state index contributed by atoms with van der Waals surface area (Å²) in [5, 5.41) is 0.777. The molecular formula is C14H17N3O2. The largest absolute Gasteiger partial charge is 0.495 e. The Hall–Kier alpha value is -2.04. The monoisotopic (exact) mass is 259 g/mol. The van der Waals surface area contributed by atoms with Gasteiger partial charge in [-0.3, -0.25) is 4.79 Å². The van der Waals surface area contributed by atoms with Crippen molar-refractivity contribution in [2.45, 2.75) is 31.7 Å². The molecule has 2 N–H and O–H groups in total. The molecule has 0 aromatic carbocycles. The third-order valence-electron chi connectivity index (χ3n) is 3.86. The van der Waals surface area contributed by atoms with E-state index in [2.05, 4.69) is 9.55 Å². The molecule has 0 bridgehead atoms. The maximum Gasteiger partial charge on any atom is 0.250 e. The van der Waals surface area contributed by atoms with E-state index in [1.807, 2.05) is 12.3 Å². The van der Waals surface area contributed by atoms with Crippen molar-refractivity contribution in [1.82, 2.24) is 9.55 Å². The lowest BCUT2D eigenvalue weighted by Crippen LogP contribution is -2.10. The average Bonchev–Trinajstić information content (AvgIpc) is 3.04. The number of fused-ring (bicyclic) bond motifs is 1. The van der Waals surface area contributed by atoms with Crippen LogP contribution in [-0.2, 0) is 0 Å². The first-order valence-electron chi connectivity index (χ1n) is 6.55. The predicted molar refractivity (Wildman–Crippen MR) is 72.3 cm³/mol. The second-order valence-electron chi connectivity index (χ2n) is 5.00. The van der Waals surface area contributed by atoms with E-state index in [1.165, 1.54) is 12.8 Å². The van der Waals surface area contributed by atoms with Crippen molar-refractivity contribution < 1.29 is 9.53 Å². The topological polar surface area (TPSA) is 70.1 Å². The van der Waals surface area contributed by atoms with Crippen molar-refractivity contribution in [2.24, 2.45) is 5.73 Å². The lowest BCUT2D eigenvalue weighted by Gasteiger charge is -2.12. The summed E-state index contributed by atoms with van der Waals surface area (Å²) in [6, 6.07) is 2.25. The summed E-state index contributed by atoms with van der Waals surface area (Å²) >= 11 is 0. The fraction of sp³-hybridized carbons (Fsp3) is 0.429. The molecule has 1 saturated carbocycles. The minimum atomic E-state index is -0.420. The molecule has 1 aliphatic carbocycles. The molecule has 1 aliphatic rings. The number of hydrogen-bond acceptors (Lipinski definition) is 3. The SMILES string of the molecule is COc1cnc2c(c1)c(C(N)=O)cn2C1CCCC1. The summed E-state index contributed by atoms with van der Waals surface area (Å²) in [5.74, 6) is 0.218. The minimum Gasteiger partial charge on any atom is -0.495 e. The van der Waals surface area contributed by atoms with Gasteiger partial charge in [0.15, 0.2) is 0 Å². The standard InChI is InChI=1S/C14H17N3O2/c1-19-10-6-11-12(13(15)18)8-17(14(11)16-7-10)9-4-2-3-5-9/h6-9H,2-5H2,1H3,(H2,15,18). The van der Waals surface area contributed by atoms with Crippen LogP contribution >= 0.6 is 0 Å². The van der Waals surface area contributed by atoms with Crippen molar-refractivity contribution in [3.63, 3.8) is 0 Å². The molecule has 100 valence electrons. The number of amides is 1. The molecule has 1 amide bonds. The smallest absolute Gasteiger partial charge is 0.250 e. The number of methoxy groups -OCH3 is 1. The number of nitrogens with zero attached hydrogens (tertiary/aromatic N) is 2. The van der Waals surface area contributed by atoms with Crippen molar-refractivity contribution in [3.05, 3.63) is 24.0 Å². The zero-order chi connectivity index (χ0) is 13.4. The lowest BCUT2D eigenvalue weighted by atomic mass is 10.2. The Labute approximate surface area is 111 Å². The van der Waals surface area contributed by atoms with Crippen LogP contribution in [0, 0.1) is 0 Å². The Morgan fingerprint density at radius 1 is 1.47 bits per heavy atom. The van der Waals surface area contributed by atoms with Gasteiger partial charge in [0.1, 0.15) is 11.4 Å². The highest BCUT2D eigenvalue weighted by molar-refractivity contribution is 6.05. The van der Waals surface area contributed by atoms with Gasteiger partial charge < -0.3 is 15.0 Å².